The number of hydrogen-bond donors (Lipinski definition) is 3. The van der Waals surface area contributed by atoms with E-state index in [9.17, 15) is 4.79 Å². The van der Waals surface area contributed by atoms with Gasteiger partial charge in [0.05, 0.1) is 6.54 Å². The summed E-state index contributed by atoms with van der Waals surface area (Å²) in [6.07, 6.45) is 4.21. The van der Waals surface area contributed by atoms with Crippen LogP contribution in [-0.4, -0.2) is 35.2 Å². The number of hydrogen-bond acceptors (Lipinski definition) is 3. The molecule has 0 fully saturated rings. The Hall–Kier alpha value is -3.61. The van der Waals surface area contributed by atoms with E-state index >= 15 is 0 Å². The number of nitrogens with one attached hydrogen (secondary N) is 3. The van der Waals surface area contributed by atoms with Gasteiger partial charge >= 0.3 is 0 Å². The highest BCUT2D eigenvalue weighted by atomic mass is 16.1. The minimum Gasteiger partial charge on any atom is -0.356 e. The van der Waals surface area contributed by atoms with Gasteiger partial charge in [0.15, 0.2) is 5.96 Å². The van der Waals surface area contributed by atoms with Crippen LogP contribution >= 0.6 is 0 Å². The Balaban J connectivity index is 1.33. The number of carbonyl (C=O) groups excluding carboxylic acids is 1. The zero-order chi connectivity index (χ0) is 20.8. The normalized spacial score (nSPS) is 16.0. The fourth-order valence-electron chi connectivity index (χ4n) is 3.73. The van der Waals surface area contributed by atoms with E-state index in [1.165, 1.54) is 11.1 Å². The van der Waals surface area contributed by atoms with Crippen LogP contribution in [0.1, 0.15) is 29.0 Å². The molecule has 0 spiro atoms. The van der Waals surface area contributed by atoms with Gasteiger partial charge in [0.1, 0.15) is 0 Å². The summed E-state index contributed by atoms with van der Waals surface area (Å²) < 4.78 is 1.91. The fraction of sp³-hybridized carbons (Fsp3) is 0.261. The first kappa shape index (κ1) is 19.7. The second-order valence-corrected chi connectivity index (χ2v) is 7.37. The van der Waals surface area contributed by atoms with Gasteiger partial charge in [-0.25, -0.2) is 0 Å². The van der Waals surface area contributed by atoms with Crippen molar-refractivity contribution in [2.45, 2.75) is 25.4 Å². The number of guanidine groups is 1. The quantitative estimate of drug-likeness (QED) is 0.437. The van der Waals surface area contributed by atoms with E-state index in [1.807, 2.05) is 35.1 Å². The third-order valence-corrected chi connectivity index (χ3v) is 5.20. The summed E-state index contributed by atoms with van der Waals surface area (Å²) >= 11 is 0. The second-order valence-electron chi connectivity index (χ2n) is 7.37. The van der Waals surface area contributed by atoms with Gasteiger partial charge in [0.2, 0.25) is 5.91 Å². The summed E-state index contributed by atoms with van der Waals surface area (Å²) in [6, 6.07) is 18.3. The molecule has 2 heterocycles. The molecule has 0 bridgehead atoms. The first-order chi connectivity index (χ1) is 14.7. The standard InChI is InChI=1S/C23H26N6O/c1-24-23(26-15-19-13-22(30)28-21-9-3-2-8-20(19)21)25-14-17-6-4-7-18(12-17)16-29-11-5-10-27-29/h2-12,19H,13-16H2,1H3,(H,28,30)(H2,24,25,26). The Kier molecular flexibility index (Phi) is 6.08. The van der Waals surface area contributed by atoms with E-state index in [1.54, 1.807) is 13.2 Å². The highest BCUT2D eigenvalue weighted by Gasteiger charge is 2.24. The zero-order valence-corrected chi connectivity index (χ0v) is 17.0. The van der Waals surface area contributed by atoms with Crippen LogP contribution in [0.25, 0.3) is 0 Å². The molecule has 1 atom stereocenters. The maximum absolute atomic E-state index is 12.0. The number of rotatable bonds is 6. The van der Waals surface area contributed by atoms with Gasteiger partial charge in [0.25, 0.3) is 0 Å². The van der Waals surface area contributed by atoms with Crippen molar-refractivity contribution in [2.24, 2.45) is 4.99 Å². The first-order valence-corrected chi connectivity index (χ1v) is 10.1. The van der Waals surface area contributed by atoms with Crippen LogP contribution in [0, 0.1) is 0 Å². The van der Waals surface area contributed by atoms with E-state index in [0.29, 0.717) is 19.5 Å². The third kappa shape index (κ3) is 4.86. The van der Waals surface area contributed by atoms with Crippen molar-refractivity contribution in [1.29, 1.82) is 0 Å². The minimum absolute atomic E-state index is 0.0532. The van der Waals surface area contributed by atoms with Gasteiger partial charge in [-0.1, -0.05) is 42.5 Å². The van der Waals surface area contributed by atoms with Crippen molar-refractivity contribution in [2.75, 3.05) is 18.9 Å². The number of aromatic nitrogens is 2. The summed E-state index contributed by atoms with van der Waals surface area (Å²) in [6.45, 7) is 2.05. The maximum atomic E-state index is 12.0. The van der Waals surface area contributed by atoms with Crippen LogP contribution in [0.2, 0.25) is 0 Å². The predicted molar refractivity (Wildman–Crippen MR) is 118 cm³/mol. The van der Waals surface area contributed by atoms with Crippen molar-refractivity contribution < 1.29 is 4.79 Å². The van der Waals surface area contributed by atoms with Crippen molar-refractivity contribution in [1.82, 2.24) is 20.4 Å². The van der Waals surface area contributed by atoms with Crippen LogP contribution in [0.5, 0.6) is 0 Å². The summed E-state index contributed by atoms with van der Waals surface area (Å²) in [7, 11) is 1.75. The molecular formula is C23H26N6O. The van der Waals surface area contributed by atoms with Gasteiger partial charge in [-0.2, -0.15) is 5.10 Å². The zero-order valence-electron chi connectivity index (χ0n) is 17.0. The largest absolute Gasteiger partial charge is 0.356 e. The van der Waals surface area contributed by atoms with E-state index in [2.05, 4.69) is 56.4 Å². The highest BCUT2D eigenvalue weighted by Crippen LogP contribution is 2.31. The van der Waals surface area contributed by atoms with Crippen molar-refractivity contribution in [3.05, 3.63) is 83.7 Å². The van der Waals surface area contributed by atoms with Crippen LogP contribution in [0.4, 0.5) is 5.69 Å². The molecule has 1 aliphatic heterocycles. The van der Waals surface area contributed by atoms with Crippen molar-refractivity contribution in [3.8, 4) is 0 Å². The SMILES string of the molecule is CN=C(NCc1cccc(Cn2cccn2)c1)NCC1CC(=O)Nc2ccccc21. The van der Waals surface area contributed by atoms with E-state index in [0.717, 1.165) is 23.8 Å². The molecule has 2 aromatic carbocycles. The summed E-state index contributed by atoms with van der Waals surface area (Å²) in [4.78, 5) is 16.3. The number of amides is 1. The highest BCUT2D eigenvalue weighted by molar-refractivity contribution is 5.94. The average Bonchev–Trinajstić information content (AvgIpc) is 3.27. The Morgan fingerprint density at radius 1 is 1.17 bits per heavy atom. The lowest BCUT2D eigenvalue weighted by molar-refractivity contribution is -0.116. The lowest BCUT2D eigenvalue weighted by Crippen LogP contribution is -2.40. The molecule has 3 aromatic rings. The summed E-state index contributed by atoms with van der Waals surface area (Å²) in [5.41, 5.74) is 4.43. The lowest BCUT2D eigenvalue weighted by atomic mass is 9.90. The topological polar surface area (TPSA) is 83.3 Å². The van der Waals surface area contributed by atoms with E-state index < -0.39 is 0 Å². The monoisotopic (exact) mass is 402 g/mol. The molecule has 154 valence electrons. The molecular weight excluding hydrogens is 376 g/mol. The number of aliphatic imine (C=N–C) groups is 1. The molecule has 0 saturated heterocycles. The summed E-state index contributed by atoms with van der Waals surface area (Å²) in [5, 5.41) is 13.9. The second kappa shape index (κ2) is 9.26. The Labute approximate surface area is 176 Å². The van der Waals surface area contributed by atoms with Gasteiger partial charge < -0.3 is 16.0 Å². The van der Waals surface area contributed by atoms with Crippen molar-refractivity contribution >= 4 is 17.6 Å². The van der Waals surface area contributed by atoms with Gasteiger partial charge in [0, 0.05) is 50.6 Å². The molecule has 30 heavy (non-hydrogen) atoms. The number of fused-ring (bicyclic) bond motifs is 1. The fourth-order valence-corrected chi connectivity index (χ4v) is 3.73. The van der Waals surface area contributed by atoms with Crippen LogP contribution in [0.15, 0.2) is 72.0 Å². The van der Waals surface area contributed by atoms with E-state index in [4.69, 9.17) is 0 Å². The predicted octanol–water partition coefficient (Wildman–Crippen LogP) is 2.72. The molecule has 1 amide bonds. The third-order valence-electron chi connectivity index (χ3n) is 5.20. The van der Waals surface area contributed by atoms with Crippen molar-refractivity contribution in [3.63, 3.8) is 0 Å². The Morgan fingerprint density at radius 2 is 2.03 bits per heavy atom. The molecule has 4 rings (SSSR count). The average molecular weight is 403 g/mol. The molecule has 1 unspecified atom stereocenters. The molecule has 1 aromatic heterocycles. The molecule has 1 aliphatic rings. The van der Waals surface area contributed by atoms with Crippen LogP contribution < -0.4 is 16.0 Å². The number of nitrogens with zero attached hydrogens (tertiary/aromatic N) is 3. The maximum Gasteiger partial charge on any atom is 0.225 e. The van der Waals surface area contributed by atoms with Gasteiger partial charge in [-0.3, -0.25) is 14.5 Å². The molecule has 0 saturated carbocycles. The van der Waals surface area contributed by atoms with E-state index in [-0.39, 0.29) is 11.8 Å². The van der Waals surface area contributed by atoms with Gasteiger partial charge in [-0.15, -0.1) is 0 Å². The molecule has 3 N–H and O–H groups in total. The lowest BCUT2D eigenvalue weighted by Gasteiger charge is -2.26. The number of anilines is 1. The minimum atomic E-state index is 0.0532. The van der Waals surface area contributed by atoms with Crippen LogP contribution in [-0.2, 0) is 17.9 Å². The molecule has 0 radical (unpaired) electrons. The molecule has 7 heteroatoms. The Bertz CT molecular complexity index is 1030. The number of para-hydroxylation sites is 1. The summed E-state index contributed by atoms with van der Waals surface area (Å²) in [5.74, 6) is 0.888. The molecule has 7 nitrogen and oxygen atoms in total. The Morgan fingerprint density at radius 3 is 2.87 bits per heavy atom. The number of carbonyl (C=O) groups is 1. The van der Waals surface area contributed by atoms with Crippen LogP contribution in [0.3, 0.4) is 0 Å². The van der Waals surface area contributed by atoms with Gasteiger partial charge in [-0.05, 0) is 28.8 Å². The smallest absolute Gasteiger partial charge is 0.225 e. The number of benzene rings is 2. The molecule has 0 aliphatic carbocycles. The first-order valence-electron chi connectivity index (χ1n) is 10.1.